The summed E-state index contributed by atoms with van der Waals surface area (Å²) in [5.74, 6) is -1.93. The molecule has 0 fully saturated rings. The standard InChI is InChI=1S/C13H13FN2O3/c1-7(17)16-12(13(18)19)4-8-6-15-11-3-2-9(14)5-10(8)11/h2-3,5-6,12,15H,4H2,1H3,(H,16,17)(H,18,19). The van der Waals surface area contributed by atoms with E-state index in [1.54, 1.807) is 12.3 Å². The van der Waals surface area contributed by atoms with Crippen molar-refractivity contribution >= 4 is 22.8 Å². The Bertz CT molecular complexity index is 636. The highest BCUT2D eigenvalue weighted by atomic mass is 19.1. The van der Waals surface area contributed by atoms with Crippen LogP contribution in [-0.4, -0.2) is 28.0 Å². The maximum Gasteiger partial charge on any atom is 0.326 e. The fourth-order valence-corrected chi connectivity index (χ4v) is 1.98. The van der Waals surface area contributed by atoms with Crippen LogP contribution in [0, 0.1) is 5.82 Å². The summed E-state index contributed by atoms with van der Waals surface area (Å²) in [5.41, 5.74) is 1.37. The molecule has 0 saturated heterocycles. The van der Waals surface area contributed by atoms with Crippen molar-refractivity contribution in [1.82, 2.24) is 10.3 Å². The van der Waals surface area contributed by atoms with Crippen LogP contribution in [0.15, 0.2) is 24.4 Å². The number of rotatable bonds is 4. The van der Waals surface area contributed by atoms with Crippen LogP contribution in [0.5, 0.6) is 0 Å². The second-order valence-corrected chi connectivity index (χ2v) is 4.30. The summed E-state index contributed by atoms with van der Waals surface area (Å²) in [4.78, 5) is 25.0. The molecule has 0 radical (unpaired) electrons. The predicted octanol–water partition coefficient (Wildman–Crippen LogP) is 1.44. The lowest BCUT2D eigenvalue weighted by molar-refractivity contribution is -0.141. The molecule has 0 aliphatic heterocycles. The third-order valence-electron chi connectivity index (χ3n) is 2.83. The van der Waals surface area contributed by atoms with Gasteiger partial charge < -0.3 is 15.4 Å². The molecule has 1 heterocycles. The highest BCUT2D eigenvalue weighted by Crippen LogP contribution is 2.20. The largest absolute Gasteiger partial charge is 0.480 e. The van der Waals surface area contributed by atoms with Crippen LogP contribution in [0.1, 0.15) is 12.5 Å². The Morgan fingerprint density at radius 1 is 1.47 bits per heavy atom. The number of carboxylic acids is 1. The Morgan fingerprint density at radius 2 is 2.21 bits per heavy atom. The molecule has 100 valence electrons. The summed E-state index contributed by atoms with van der Waals surface area (Å²) < 4.78 is 13.2. The van der Waals surface area contributed by atoms with Crippen LogP contribution in [0.25, 0.3) is 10.9 Å². The van der Waals surface area contributed by atoms with Gasteiger partial charge in [0.05, 0.1) is 0 Å². The summed E-state index contributed by atoms with van der Waals surface area (Å²) in [7, 11) is 0. The number of nitrogens with one attached hydrogen (secondary N) is 2. The van der Waals surface area contributed by atoms with Crippen LogP contribution in [0.3, 0.4) is 0 Å². The number of hydrogen-bond donors (Lipinski definition) is 3. The second-order valence-electron chi connectivity index (χ2n) is 4.30. The molecular weight excluding hydrogens is 251 g/mol. The van der Waals surface area contributed by atoms with E-state index in [0.717, 1.165) is 5.52 Å². The first-order valence-electron chi connectivity index (χ1n) is 5.73. The zero-order valence-electron chi connectivity index (χ0n) is 10.2. The summed E-state index contributed by atoms with van der Waals surface area (Å²) in [6.45, 7) is 1.25. The Kier molecular flexibility index (Phi) is 3.50. The quantitative estimate of drug-likeness (QED) is 0.781. The van der Waals surface area contributed by atoms with E-state index in [-0.39, 0.29) is 12.2 Å². The second kappa shape index (κ2) is 5.09. The average Bonchev–Trinajstić information content (AvgIpc) is 2.70. The average molecular weight is 264 g/mol. The fourth-order valence-electron chi connectivity index (χ4n) is 1.98. The number of fused-ring (bicyclic) bond motifs is 1. The van der Waals surface area contributed by atoms with Crippen LogP contribution < -0.4 is 5.32 Å². The van der Waals surface area contributed by atoms with Gasteiger partial charge in [0.2, 0.25) is 5.91 Å². The summed E-state index contributed by atoms with van der Waals surface area (Å²) in [6.07, 6.45) is 1.72. The lowest BCUT2D eigenvalue weighted by atomic mass is 10.0. The topological polar surface area (TPSA) is 82.2 Å². The van der Waals surface area contributed by atoms with E-state index in [2.05, 4.69) is 10.3 Å². The smallest absolute Gasteiger partial charge is 0.326 e. The molecule has 0 spiro atoms. The molecule has 1 unspecified atom stereocenters. The van der Waals surface area contributed by atoms with Gasteiger partial charge in [-0.25, -0.2) is 9.18 Å². The van der Waals surface area contributed by atoms with Gasteiger partial charge in [-0.3, -0.25) is 4.79 Å². The molecule has 19 heavy (non-hydrogen) atoms. The fraction of sp³-hybridized carbons (Fsp3) is 0.231. The molecule has 0 saturated carbocycles. The van der Waals surface area contributed by atoms with Gasteiger partial charge in [0.15, 0.2) is 0 Å². The van der Waals surface area contributed by atoms with Crippen molar-refractivity contribution in [2.75, 3.05) is 0 Å². The highest BCUT2D eigenvalue weighted by Gasteiger charge is 2.20. The van der Waals surface area contributed by atoms with Crippen molar-refractivity contribution in [3.63, 3.8) is 0 Å². The van der Waals surface area contributed by atoms with E-state index in [1.807, 2.05) is 0 Å². The van der Waals surface area contributed by atoms with Gasteiger partial charge in [-0.2, -0.15) is 0 Å². The molecule has 1 aromatic carbocycles. The third kappa shape index (κ3) is 2.90. The van der Waals surface area contributed by atoms with Gasteiger partial charge in [-0.05, 0) is 23.8 Å². The number of H-pyrrole nitrogens is 1. The Labute approximate surface area is 108 Å². The molecule has 1 aromatic heterocycles. The predicted molar refractivity (Wildman–Crippen MR) is 67.2 cm³/mol. The van der Waals surface area contributed by atoms with Crippen molar-refractivity contribution in [1.29, 1.82) is 0 Å². The highest BCUT2D eigenvalue weighted by molar-refractivity contribution is 5.86. The zero-order chi connectivity index (χ0) is 14.0. The maximum atomic E-state index is 13.2. The molecule has 5 nitrogen and oxygen atoms in total. The minimum absolute atomic E-state index is 0.0956. The van der Waals surface area contributed by atoms with Gasteiger partial charge in [0, 0.05) is 30.4 Å². The SMILES string of the molecule is CC(=O)NC(Cc1c[nH]c2ccc(F)cc12)C(=O)O. The molecule has 1 amide bonds. The summed E-state index contributed by atoms with van der Waals surface area (Å²) in [6, 6.07) is 3.22. The first kappa shape index (κ1) is 13.1. The van der Waals surface area contributed by atoms with Gasteiger partial charge in [0.1, 0.15) is 11.9 Å². The maximum absolute atomic E-state index is 13.2. The molecule has 3 N–H and O–H groups in total. The van der Waals surface area contributed by atoms with Crippen molar-refractivity contribution in [3.05, 3.63) is 35.8 Å². The van der Waals surface area contributed by atoms with E-state index in [9.17, 15) is 14.0 Å². The number of aromatic nitrogens is 1. The number of carboxylic acid groups (broad SMARTS) is 1. The van der Waals surface area contributed by atoms with E-state index in [4.69, 9.17) is 5.11 Å². The summed E-state index contributed by atoms with van der Waals surface area (Å²) in [5, 5.41) is 12.0. The molecular formula is C13H13FN2O3. The number of benzene rings is 1. The van der Waals surface area contributed by atoms with Crippen molar-refractivity contribution < 1.29 is 19.1 Å². The Balaban J connectivity index is 2.31. The van der Waals surface area contributed by atoms with Gasteiger partial charge in [-0.1, -0.05) is 0 Å². The van der Waals surface area contributed by atoms with Gasteiger partial charge in [0.25, 0.3) is 0 Å². The lowest BCUT2D eigenvalue weighted by Gasteiger charge is -2.12. The number of carbonyl (C=O) groups excluding carboxylic acids is 1. The van der Waals surface area contributed by atoms with Gasteiger partial charge in [-0.15, -0.1) is 0 Å². The molecule has 0 aliphatic carbocycles. The third-order valence-corrected chi connectivity index (χ3v) is 2.83. The minimum atomic E-state index is -1.12. The number of amides is 1. The van der Waals surface area contributed by atoms with E-state index < -0.39 is 17.9 Å². The van der Waals surface area contributed by atoms with Crippen LogP contribution >= 0.6 is 0 Å². The van der Waals surface area contributed by atoms with Gasteiger partial charge >= 0.3 is 5.97 Å². The van der Waals surface area contributed by atoms with Crippen LogP contribution in [-0.2, 0) is 16.0 Å². The molecule has 2 rings (SSSR count). The molecule has 6 heteroatoms. The summed E-state index contributed by atoms with van der Waals surface area (Å²) >= 11 is 0. The number of halogens is 1. The molecule has 1 atom stereocenters. The minimum Gasteiger partial charge on any atom is -0.480 e. The van der Waals surface area contributed by atoms with E-state index in [0.29, 0.717) is 10.9 Å². The first-order chi connectivity index (χ1) is 8.97. The van der Waals surface area contributed by atoms with Crippen molar-refractivity contribution in [2.24, 2.45) is 0 Å². The molecule has 2 aromatic rings. The first-order valence-corrected chi connectivity index (χ1v) is 5.73. The van der Waals surface area contributed by atoms with Crippen LogP contribution in [0.2, 0.25) is 0 Å². The Morgan fingerprint density at radius 3 is 2.84 bits per heavy atom. The normalized spacial score (nSPS) is 12.3. The number of hydrogen-bond acceptors (Lipinski definition) is 2. The number of aliphatic carboxylic acids is 1. The molecule has 0 aliphatic rings. The van der Waals surface area contributed by atoms with E-state index >= 15 is 0 Å². The number of aromatic amines is 1. The van der Waals surface area contributed by atoms with E-state index in [1.165, 1.54) is 19.1 Å². The zero-order valence-corrected chi connectivity index (χ0v) is 10.2. The van der Waals surface area contributed by atoms with Crippen molar-refractivity contribution in [2.45, 2.75) is 19.4 Å². The van der Waals surface area contributed by atoms with Crippen molar-refractivity contribution in [3.8, 4) is 0 Å². The lowest BCUT2D eigenvalue weighted by Crippen LogP contribution is -2.41. The van der Waals surface area contributed by atoms with Crippen LogP contribution in [0.4, 0.5) is 4.39 Å². The Hall–Kier alpha value is -2.37. The number of carbonyl (C=O) groups is 2. The monoisotopic (exact) mass is 264 g/mol. The molecule has 0 bridgehead atoms.